The number of aliphatic hydroxyl groups excluding tert-OH is 3. The van der Waals surface area contributed by atoms with Crippen LogP contribution in [0.15, 0.2) is 0 Å². The number of halogens is 1. The fourth-order valence-corrected chi connectivity index (χ4v) is 3.98. The van der Waals surface area contributed by atoms with Crippen molar-refractivity contribution in [2.45, 2.75) is 70.4 Å². The predicted molar refractivity (Wildman–Crippen MR) is 71.3 cm³/mol. The molecule has 4 heteroatoms. The van der Waals surface area contributed by atoms with E-state index in [1.807, 2.05) is 6.92 Å². The molecule has 0 amide bonds. The van der Waals surface area contributed by atoms with Gasteiger partial charge in [-0.1, -0.05) is 13.8 Å². The Labute approximate surface area is 114 Å². The van der Waals surface area contributed by atoms with Gasteiger partial charge < -0.3 is 15.3 Å². The van der Waals surface area contributed by atoms with Gasteiger partial charge in [0.05, 0.1) is 12.2 Å². The zero-order valence-corrected chi connectivity index (χ0v) is 11.9. The summed E-state index contributed by atoms with van der Waals surface area (Å²) in [6.45, 7) is 4.02. The van der Waals surface area contributed by atoms with Gasteiger partial charge in [-0.3, -0.25) is 0 Å². The topological polar surface area (TPSA) is 60.7 Å². The van der Waals surface area contributed by atoms with Gasteiger partial charge in [-0.15, -0.1) is 0 Å². The van der Waals surface area contributed by atoms with Crippen molar-refractivity contribution in [3.63, 3.8) is 0 Å². The monoisotopic (exact) mass is 274 g/mol. The molecule has 3 nitrogen and oxygen atoms in total. The fourth-order valence-electron chi connectivity index (χ4n) is 3.98. The molecule has 0 aromatic heterocycles. The second-order valence-corrected chi connectivity index (χ2v) is 6.72. The Kier molecular flexibility index (Phi) is 4.85. The molecule has 19 heavy (non-hydrogen) atoms. The van der Waals surface area contributed by atoms with Crippen molar-refractivity contribution in [3.8, 4) is 0 Å². The van der Waals surface area contributed by atoms with Gasteiger partial charge >= 0.3 is 0 Å². The number of hydrogen-bond acceptors (Lipinski definition) is 3. The van der Waals surface area contributed by atoms with Crippen molar-refractivity contribution in [2.75, 3.05) is 0 Å². The second-order valence-electron chi connectivity index (χ2n) is 6.72. The molecule has 2 aliphatic carbocycles. The summed E-state index contributed by atoms with van der Waals surface area (Å²) in [5.41, 5.74) is 0. The van der Waals surface area contributed by atoms with E-state index in [0.29, 0.717) is 18.8 Å². The highest BCUT2D eigenvalue weighted by molar-refractivity contribution is 4.94. The van der Waals surface area contributed by atoms with Crippen molar-refractivity contribution >= 4 is 0 Å². The lowest BCUT2D eigenvalue weighted by molar-refractivity contribution is -0.145. The van der Waals surface area contributed by atoms with Crippen LogP contribution in [0.25, 0.3) is 0 Å². The minimum Gasteiger partial charge on any atom is -0.390 e. The van der Waals surface area contributed by atoms with E-state index in [1.165, 1.54) is 0 Å². The highest BCUT2D eigenvalue weighted by Crippen LogP contribution is 2.41. The molecule has 6 atom stereocenters. The van der Waals surface area contributed by atoms with E-state index in [2.05, 4.69) is 6.92 Å². The van der Waals surface area contributed by atoms with E-state index in [0.717, 1.165) is 19.3 Å². The first-order chi connectivity index (χ1) is 8.91. The molecule has 0 aromatic rings. The van der Waals surface area contributed by atoms with Crippen LogP contribution in [0.5, 0.6) is 0 Å². The molecule has 2 aliphatic rings. The van der Waals surface area contributed by atoms with Crippen LogP contribution in [-0.4, -0.2) is 39.8 Å². The van der Waals surface area contributed by atoms with Crippen LogP contribution in [-0.2, 0) is 0 Å². The van der Waals surface area contributed by atoms with Crippen molar-refractivity contribution in [1.29, 1.82) is 0 Å². The smallest absolute Gasteiger partial charge is 0.106 e. The Morgan fingerprint density at radius 1 is 0.947 bits per heavy atom. The maximum Gasteiger partial charge on any atom is 0.106 e. The third-order valence-corrected chi connectivity index (χ3v) is 5.49. The van der Waals surface area contributed by atoms with Crippen molar-refractivity contribution in [3.05, 3.63) is 0 Å². The maximum atomic E-state index is 13.2. The average Bonchev–Trinajstić information content (AvgIpc) is 2.40. The van der Waals surface area contributed by atoms with E-state index < -0.39 is 24.5 Å². The van der Waals surface area contributed by atoms with Gasteiger partial charge in [-0.05, 0) is 55.8 Å². The zero-order valence-electron chi connectivity index (χ0n) is 11.9. The third-order valence-electron chi connectivity index (χ3n) is 5.49. The van der Waals surface area contributed by atoms with E-state index in [1.54, 1.807) is 0 Å². The number of hydrogen-bond donors (Lipinski definition) is 3. The van der Waals surface area contributed by atoms with Crippen LogP contribution >= 0.6 is 0 Å². The zero-order chi connectivity index (χ0) is 14.2. The van der Waals surface area contributed by atoms with Crippen LogP contribution < -0.4 is 0 Å². The SMILES string of the molecule is CC1CC(C(C)C2CCC(F)CC2)C(O)C(O)C1O. The Bertz CT molecular complexity index is 291. The molecule has 0 heterocycles. The highest BCUT2D eigenvalue weighted by Gasteiger charge is 2.44. The first kappa shape index (κ1) is 15.2. The lowest BCUT2D eigenvalue weighted by Gasteiger charge is -2.44. The summed E-state index contributed by atoms with van der Waals surface area (Å²) in [6, 6.07) is 0. The molecule has 0 radical (unpaired) electrons. The fraction of sp³-hybridized carbons (Fsp3) is 1.00. The van der Waals surface area contributed by atoms with Crippen LogP contribution in [0.1, 0.15) is 46.0 Å². The quantitative estimate of drug-likeness (QED) is 0.720. The molecular formula is C15H27FO3. The Morgan fingerprint density at radius 2 is 1.53 bits per heavy atom. The summed E-state index contributed by atoms with van der Waals surface area (Å²) < 4.78 is 13.2. The van der Waals surface area contributed by atoms with Crippen LogP contribution in [0.4, 0.5) is 4.39 Å². The molecule has 2 saturated carbocycles. The number of alkyl halides is 1. The number of rotatable bonds is 2. The average molecular weight is 274 g/mol. The van der Waals surface area contributed by atoms with Crippen molar-refractivity contribution in [1.82, 2.24) is 0 Å². The van der Waals surface area contributed by atoms with E-state index in [4.69, 9.17) is 0 Å². The molecule has 2 fully saturated rings. The van der Waals surface area contributed by atoms with E-state index in [9.17, 15) is 19.7 Å². The summed E-state index contributed by atoms with van der Waals surface area (Å²) >= 11 is 0. The summed E-state index contributed by atoms with van der Waals surface area (Å²) in [7, 11) is 0. The minimum absolute atomic E-state index is 0.00311. The molecule has 3 N–H and O–H groups in total. The molecule has 112 valence electrons. The second kappa shape index (κ2) is 6.06. The summed E-state index contributed by atoms with van der Waals surface area (Å²) in [5, 5.41) is 29.9. The largest absolute Gasteiger partial charge is 0.390 e. The van der Waals surface area contributed by atoms with Gasteiger partial charge in [0.15, 0.2) is 0 Å². The highest BCUT2D eigenvalue weighted by atomic mass is 19.1. The van der Waals surface area contributed by atoms with Gasteiger partial charge in [0.2, 0.25) is 0 Å². The molecular weight excluding hydrogens is 247 g/mol. The normalized spacial score (nSPS) is 49.9. The van der Waals surface area contributed by atoms with Gasteiger partial charge in [0.25, 0.3) is 0 Å². The Balaban J connectivity index is 2.00. The molecule has 0 saturated heterocycles. The first-order valence-electron chi connectivity index (χ1n) is 7.60. The van der Waals surface area contributed by atoms with E-state index in [-0.39, 0.29) is 17.8 Å². The maximum absolute atomic E-state index is 13.2. The van der Waals surface area contributed by atoms with Crippen LogP contribution in [0.2, 0.25) is 0 Å². The minimum atomic E-state index is -1.05. The van der Waals surface area contributed by atoms with Crippen LogP contribution in [0, 0.1) is 23.7 Å². The van der Waals surface area contributed by atoms with Crippen molar-refractivity contribution in [2.24, 2.45) is 23.7 Å². The summed E-state index contributed by atoms with van der Waals surface area (Å²) in [5.74, 6) is 0.714. The Morgan fingerprint density at radius 3 is 2.11 bits per heavy atom. The lowest BCUT2D eigenvalue weighted by atomic mass is 9.66. The summed E-state index contributed by atoms with van der Waals surface area (Å²) in [6.07, 6.45) is 0.328. The summed E-state index contributed by atoms with van der Waals surface area (Å²) in [4.78, 5) is 0. The number of aliphatic hydroxyl groups is 3. The molecule has 6 unspecified atom stereocenters. The standard InChI is InChI=1S/C15H27FO3/c1-8-7-12(14(18)15(19)13(8)17)9(2)10-3-5-11(16)6-4-10/h8-15,17-19H,3-7H2,1-2H3. The van der Waals surface area contributed by atoms with Gasteiger partial charge in [-0.2, -0.15) is 0 Å². The lowest BCUT2D eigenvalue weighted by Crippen LogP contribution is -2.52. The van der Waals surface area contributed by atoms with Gasteiger partial charge in [0, 0.05) is 0 Å². The predicted octanol–water partition coefficient (Wildman–Crippen LogP) is 1.89. The van der Waals surface area contributed by atoms with Crippen LogP contribution in [0.3, 0.4) is 0 Å². The Hall–Kier alpha value is -0.190. The van der Waals surface area contributed by atoms with E-state index >= 15 is 0 Å². The molecule has 0 bridgehead atoms. The molecule has 0 aliphatic heterocycles. The molecule has 0 spiro atoms. The third kappa shape index (κ3) is 3.11. The molecule has 2 rings (SSSR count). The van der Waals surface area contributed by atoms with Crippen molar-refractivity contribution < 1.29 is 19.7 Å². The van der Waals surface area contributed by atoms with Gasteiger partial charge in [0.1, 0.15) is 12.3 Å². The first-order valence-corrected chi connectivity index (χ1v) is 7.60. The van der Waals surface area contributed by atoms with Gasteiger partial charge in [-0.25, -0.2) is 4.39 Å². The molecule has 0 aromatic carbocycles.